The molecular weight excluding hydrogens is 366 g/mol. The van der Waals surface area contributed by atoms with E-state index in [0.29, 0.717) is 11.8 Å². The summed E-state index contributed by atoms with van der Waals surface area (Å²) in [6.45, 7) is 5.03. The van der Waals surface area contributed by atoms with Gasteiger partial charge in [0.1, 0.15) is 0 Å². The zero-order valence-corrected chi connectivity index (χ0v) is 17.3. The lowest BCUT2D eigenvalue weighted by atomic mass is 9.86. The molecule has 2 aromatic heterocycles. The summed E-state index contributed by atoms with van der Waals surface area (Å²) in [4.78, 5) is 17.9. The van der Waals surface area contributed by atoms with Crippen LogP contribution < -0.4 is 0 Å². The molecule has 29 heavy (non-hydrogen) atoms. The van der Waals surface area contributed by atoms with Crippen molar-refractivity contribution < 1.29 is 4.79 Å². The lowest BCUT2D eigenvalue weighted by Gasteiger charge is -2.36. The normalized spacial score (nSPS) is 25.3. The second kappa shape index (κ2) is 7.89. The van der Waals surface area contributed by atoms with E-state index in [9.17, 15) is 4.79 Å². The molecule has 8 heteroatoms. The smallest absolute Gasteiger partial charge is 0.226 e. The predicted molar refractivity (Wildman–Crippen MR) is 108 cm³/mol. The predicted octanol–water partition coefficient (Wildman–Crippen LogP) is 1.65. The van der Waals surface area contributed by atoms with Crippen LogP contribution in [0.25, 0.3) is 0 Å². The SMILES string of the molecule is Cn1nnc2c1CC(C(=O)N1CCCC(c3[nH]ncc3CN3CCCC3)C1)CC2. The van der Waals surface area contributed by atoms with Gasteiger partial charge in [-0.15, -0.1) is 5.10 Å². The Balaban J connectivity index is 1.26. The van der Waals surface area contributed by atoms with Gasteiger partial charge in [0.2, 0.25) is 5.91 Å². The molecule has 1 N–H and O–H groups in total. The quantitative estimate of drug-likeness (QED) is 0.848. The number of piperidine rings is 1. The molecule has 0 saturated carbocycles. The Morgan fingerprint density at radius 2 is 2.07 bits per heavy atom. The van der Waals surface area contributed by atoms with Crippen LogP contribution in [0.3, 0.4) is 0 Å². The van der Waals surface area contributed by atoms with Gasteiger partial charge < -0.3 is 4.90 Å². The summed E-state index contributed by atoms with van der Waals surface area (Å²) in [5, 5.41) is 16.0. The van der Waals surface area contributed by atoms with E-state index in [-0.39, 0.29) is 5.92 Å². The van der Waals surface area contributed by atoms with Crippen molar-refractivity contribution in [1.29, 1.82) is 0 Å². The number of hydrogen-bond donors (Lipinski definition) is 1. The number of amides is 1. The van der Waals surface area contributed by atoms with Crippen LogP contribution in [-0.2, 0) is 31.2 Å². The van der Waals surface area contributed by atoms with Gasteiger partial charge in [-0.1, -0.05) is 5.21 Å². The number of hydrogen-bond acceptors (Lipinski definition) is 5. The number of aromatic amines is 1. The summed E-state index contributed by atoms with van der Waals surface area (Å²) >= 11 is 0. The largest absolute Gasteiger partial charge is 0.342 e. The Kier molecular flexibility index (Phi) is 5.11. The number of H-pyrrole nitrogens is 1. The van der Waals surface area contributed by atoms with E-state index >= 15 is 0 Å². The van der Waals surface area contributed by atoms with E-state index in [1.165, 1.54) is 37.2 Å². The number of nitrogens with one attached hydrogen (secondary N) is 1. The van der Waals surface area contributed by atoms with E-state index in [1.54, 1.807) is 0 Å². The third-order valence-corrected chi connectivity index (χ3v) is 7.03. The minimum atomic E-state index is 0.0595. The number of rotatable bonds is 4. The highest BCUT2D eigenvalue weighted by Crippen LogP contribution is 2.31. The number of carbonyl (C=O) groups is 1. The molecular formula is C21H31N7O. The first-order valence-electron chi connectivity index (χ1n) is 11.1. The minimum Gasteiger partial charge on any atom is -0.342 e. The molecule has 2 atom stereocenters. The zero-order chi connectivity index (χ0) is 19.8. The molecule has 1 aliphatic carbocycles. The van der Waals surface area contributed by atoms with Gasteiger partial charge in [-0.2, -0.15) is 5.10 Å². The van der Waals surface area contributed by atoms with Gasteiger partial charge in [0.25, 0.3) is 0 Å². The Hall–Kier alpha value is -2.22. The fourth-order valence-electron chi connectivity index (χ4n) is 5.37. The van der Waals surface area contributed by atoms with Crippen molar-refractivity contribution >= 4 is 5.91 Å². The Morgan fingerprint density at radius 1 is 1.21 bits per heavy atom. The summed E-state index contributed by atoms with van der Waals surface area (Å²) in [5.41, 5.74) is 4.76. The van der Waals surface area contributed by atoms with Gasteiger partial charge in [-0.05, 0) is 51.6 Å². The zero-order valence-electron chi connectivity index (χ0n) is 17.3. The van der Waals surface area contributed by atoms with Gasteiger partial charge in [0.05, 0.1) is 17.6 Å². The van der Waals surface area contributed by atoms with Crippen LogP contribution in [0.1, 0.15) is 60.7 Å². The van der Waals surface area contributed by atoms with Crippen molar-refractivity contribution in [1.82, 2.24) is 35.0 Å². The molecule has 5 rings (SSSR count). The van der Waals surface area contributed by atoms with Gasteiger partial charge in [0.15, 0.2) is 0 Å². The van der Waals surface area contributed by atoms with Gasteiger partial charge in [-0.25, -0.2) is 0 Å². The number of nitrogens with zero attached hydrogens (tertiary/aromatic N) is 6. The Bertz CT molecular complexity index is 866. The van der Waals surface area contributed by atoms with Gasteiger partial charge in [-0.3, -0.25) is 19.5 Å². The second-order valence-corrected chi connectivity index (χ2v) is 8.96. The highest BCUT2D eigenvalue weighted by Gasteiger charge is 2.34. The van der Waals surface area contributed by atoms with Crippen LogP contribution in [0.5, 0.6) is 0 Å². The Morgan fingerprint density at radius 3 is 2.93 bits per heavy atom. The van der Waals surface area contributed by atoms with E-state index in [4.69, 9.17) is 0 Å². The molecule has 0 aromatic carbocycles. The maximum absolute atomic E-state index is 13.3. The van der Waals surface area contributed by atoms with Crippen LogP contribution in [0, 0.1) is 5.92 Å². The summed E-state index contributed by atoms with van der Waals surface area (Å²) in [5.74, 6) is 0.733. The van der Waals surface area contributed by atoms with Crippen LogP contribution >= 0.6 is 0 Å². The third kappa shape index (κ3) is 3.70. The molecule has 0 radical (unpaired) electrons. The fourth-order valence-corrected chi connectivity index (χ4v) is 5.37. The lowest BCUT2D eigenvalue weighted by molar-refractivity contribution is -0.137. The fraction of sp³-hybridized carbons (Fsp3) is 0.714. The minimum absolute atomic E-state index is 0.0595. The van der Waals surface area contributed by atoms with Crippen LogP contribution in [0.15, 0.2) is 6.20 Å². The number of aryl methyl sites for hydroxylation is 2. The molecule has 2 unspecified atom stereocenters. The van der Waals surface area contributed by atoms with Crippen molar-refractivity contribution in [2.45, 2.75) is 57.4 Å². The van der Waals surface area contributed by atoms with E-state index in [0.717, 1.165) is 63.1 Å². The maximum Gasteiger partial charge on any atom is 0.226 e. The molecule has 4 heterocycles. The average Bonchev–Trinajstić information content (AvgIpc) is 3.50. The topological polar surface area (TPSA) is 82.9 Å². The first-order chi connectivity index (χ1) is 14.2. The number of aromatic nitrogens is 5. The number of fused-ring (bicyclic) bond motifs is 1. The summed E-state index contributed by atoms with van der Waals surface area (Å²) in [6, 6.07) is 0. The molecule has 2 fully saturated rings. The summed E-state index contributed by atoms with van der Waals surface area (Å²) < 4.78 is 1.84. The van der Waals surface area contributed by atoms with Crippen molar-refractivity contribution in [2.24, 2.45) is 13.0 Å². The van der Waals surface area contributed by atoms with Crippen LogP contribution in [0.4, 0.5) is 0 Å². The molecule has 2 aliphatic heterocycles. The number of likely N-dealkylation sites (tertiary alicyclic amines) is 2. The lowest BCUT2D eigenvalue weighted by Crippen LogP contribution is -2.44. The van der Waals surface area contributed by atoms with E-state index < -0.39 is 0 Å². The van der Waals surface area contributed by atoms with Crippen LogP contribution in [-0.4, -0.2) is 67.1 Å². The molecule has 2 saturated heterocycles. The second-order valence-electron chi connectivity index (χ2n) is 8.96. The molecule has 3 aliphatic rings. The van der Waals surface area contributed by atoms with Crippen molar-refractivity contribution in [3.05, 3.63) is 28.8 Å². The third-order valence-electron chi connectivity index (χ3n) is 7.03. The van der Waals surface area contributed by atoms with E-state index in [2.05, 4.69) is 30.3 Å². The first-order valence-corrected chi connectivity index (χ1v) is 11.1. The molecule has 2 aromatic rings. The van der Waals surface area contributed by atoms with Gasteiger partial charge in [0, 0.05) is 56.2 Å². The summed E-state index contributed by atoms with van der Waals surface area (Å²) in [6.07, 6.45) is 9.29. The Labute approximate surface area is 171 Å². The maximum atomic E-state index is 13.3. The van der Waals surface area contributed by atoms with Crippen molar-refractivity contribution in [2.75, 3.05) is 26.2 Å². The highest BCUT2D eigenvalue weighted by atomic mass is 16.2. The molecule has 1 amide bonds. The molecule has 8 nitrogen and oxygen atoms in total. The monoisotopic (exact) mass is 397 g/mol. The molecule has 0 spiro atoms. The summed E-state index contributed by atoms with van der Waals surface area (Å²) in [7, 11) is 1.93. The van der Waals surface area contributed by atoms with Crippen molar-refractivity contribution in [3.8, 4) is 0 Å². The van der Waals surface area contributed by atoms with Gasteiger partial charge >= 0.3 is 0 Å². The highest BCUT2D eigenvalue weighted by molar-refractivity contribution is 5.79. The van der Waals surface area contributed by atoms with Crippen LogP contribution in [0.2, 0.25) is 0 Å². The molecule has 0 bridgehead atoms. The standard InChI is InChI=1S/C21H31N7O/c1-26-19-11-15(6-7-18(19)23-25-26)21(29)28-10-4-5-16(14-28)20-17(12-22-24-20)13-27-8-2-3-9-27/h12,15-16H,2-11,13-14H2,1H3,(H,22,24). The first kappa shape index (κ1) is 18.8. The van der Waals surface area contributed by atoms with Crippen molar-refractivity contribution in [3.63, 3.8) is 0 Å². The average molecular weight is 398 g/mol. The number of carbonyl (C=O) groups excluding carboxylic acids is 1. The molecule has 156 valence electrons. The van der Waals surface area contributed by atoms with E-state index in [1.807, 2.05) is 17.9 Å².